The van der Waals surface area contributed by atoms with Gasteiger partial charge in [0, 0.05) is 14.1 Å². The second kappa shape index (κ2) is 4.34. The van der Waals surface area contributed by atoms with Crippen LogP contribution in [-0.4, -0.2) is 22.6 Å². The number of rotatable bonds is 2. The van der Waals surface area contributed by atoms with Crippen molar-refractivity contribution in [2.24, 2.45) is 12.0 Å². The molecule has 0 saturated carbocycles. The van der Waals surface area contributed by atoms with Gasteiger partial charge in [0.15, 0.2) is 0 Å². The summed E-state index contributed by atoms with van der Waals surface area (Å²) in [5, 5.41) is 3.97. The average Bonchev–Trinajstić information content (AvgIpc) is 2.83. The van der Waals surface area contributed by atoms with Crippen molar-refractivity contribution in [3.05, 3.63) is 32.4 Å². The fraction of sp³-hybridized carbons (Fsp3) is 0.222. The van der Waals surface area contributed by atoms with Gasteiger partial charge in [0.25, 0.3) is 11.7 Å². The molecule has 2 rings (SSSR count). The molecule has 16 heavy (non-hydrogen) atoms. The predicted molar refractivity (Wildman–Crippen MR) is 62.4 cm³/mol. The number of thiophene rings is 1. The van der Waals surface area contributed by atoms with Crippen LogP contribution in [0.1, 0.15) is 15.6 Å². The van der Waals surface area contributed by atoms with Crippen molar-refractivity contribution in [1.82, 2.24) is 9.78 Å². The molecule has 0 aliphatic rings. The Morgan fingerprint density at radius 3 is 2.88 bits per heavy atom. The van der Waals surface area contributed by atoms with Gasteiger partial charge in [-0.1, -0.05) is 0 Å². The van der Waals surface area contributed by atoms with E-state index in [1.54, 1.807) is 20.2 Å². The van der Waals surface area contributed by atoms with Crippen LogP contribution in [0, 0.1) is 0 Å². The van der Waals surface area contributed by atoms with E-state index in [4.69, 9.17) is 4.42 Å². The molecular weight excluding hydrogens is 294 g/mol. The van der Waals surface area contributed by atoms with E-state index in [2.05, 4.69) is 26.0 Å². The van der Waals surface area contributed by atoms with Gasteiger partial charge in [-0.2, -0.15) is 0 Å². The summed E-state index contributed by atoms with van der Waals surface area (Å²) in [4.78, 5) is 16.3. The average molecular weight is 302 g/mol. The minimum absolute atomic E-state index is 0.0532. The molecule has 0 saturated heterocycles. The van der Waals surface area contributed by atoms with Gasteiger partial charge in [-0.3, -0.25) is 4.79 Å². The first-order valence-electron chi connectivity index (χ1n) is 4.39. The Labute approximate surface area is 104 Å². The fourth-order valence-corrected chi connectivity index (χ4v) is 2.49. The fourth-order valence-electron chi connectivity index (χ4n) is 1.18. The second-order valence-electron chi connectivity index (χ2n) is 2.97. The Kier molecular flexibility index (Phi) is 3.06. The molecule has 0 aliphatic carbocycles. The Morgan fingerprint density at radius 1 is 1.62 bits per heavy atom. The number of halogens is 1. The topological polar surface area (TPSA) is 60.4 Å². The maximum absolute atomic E-state index is 11.9. The molecule has 0 aliphatic heterocycles. The summed E-state index contributed by atoms with van der Waals surface area (Å²) in [6.45, 7) is 0. The van der Waals surface area contributed by atoms with Crippen LogP contribution in [0.2, 0.25) is 0 Å². The molecule has 5 nitrogen and oxygen atoms in total. The van der Waals surface area contributed by atoms with Crippen molar-refractivity contribution in [1.29, 1.82) is 0 Å². The summed E-state index contributed by atoms with van der Waals surface area (Å²) in [5.41, 5.74) is 0.318. The van der Waals surface area contributed by atoms with E-state index >= 15 is 0 Å². The van der Waals surface area contributed by atoms with Gasteiger partial charge >= 0.3 is 5.68 Å². The molecule has 0 radical (unpaired) electrons. The molecule has 84 valence electrons. The number of carbonyl (C=O) groups is 1. The standard InChI is InChI=1S/C9H8BrN3O2S/c1-11-9-13(2)12-8(15-9)7(14)5-3-4-6(10)16-5/h3-4H,1-2H3. The summed E-state index contributed by atoms with van der Waals surface area (Å²) < 4.78 is 7.54. The number of aromatic nitrogens is 2. The van der Waals surface area contributed by atoms with Gasteiger partial charge in [-0.25, -0.2) is 9.67 Å². The van der Waals surface area contributed by atoms with E-state index < -0.39 is 0 Å². The number of nitrogens with zero attached hydrogens (tertiary/aromatic N) is 3. The monoisotopic (exact) mass is 301 g/mol. The van der Waals surface area contributed by atoms with E-state index in [0.717, 1.165) is 3.79 Å². The first-order chi connectivity index (χ1) is 7.61. The van der Waals surface area contributed by atoms with E-state index in [0.29, 0.717) is 10.6 Å². The molecular formula is C9H8BrN3O2S. The van der Waals surface area contributed by atoms with Crippen molar-refractivity contribution >= 4 is 33.0 Å². The molecule has 0 atom stereocenters. The Bertz CT molecular complexity index is 596. The number of ketones is 1. The maximum Gasteiger partial charge on any atom is 0.315 e. The largest absolute Gasteiger partial charge is 0.400 e. The summed E-state index contributed by atoms with van der Waals surface area (Å²) in [7, 11) is 3.25. The smallest absolute Gasteiger partial charge is 0.315 e. The highest BCUT2D eigenvalue weighted by Crippen LogP contribution is 2.23. The van der Waals surface area contributed by atoms with Crippen LogP contribution in [0.3, 0.4) is 0 Å². The lowest BCUT2D eigenvalue weighted by Crippen LogP contribution is -2.12. The third-order valence-electron chi connectivity index (χ3n) is 1.89. The Morgan fingerprint density at radius 2 is 2.38 bits per heavy atom. The molecule has 2 aromatic heterocycles. The molecule has 2 aromatic rings. The first-order valence-corrected chi connectivity index (χ1v) is 6.00. The van der Waals surface area contributed by atoms with Crippen molar-refractivity contribution in [3.8, 4) is 0 Å². The number of hydrogen-bond acceptors (Lipinski definition) is 5. The normalized spacial score (nSPS) is 12.1. The van der Waals surface area contributed by atoms with Crippen molar-refractivity contribution in [3.63, 3.8) is 0 Å². The van der Waals surface area contributed by atoms with Gasteiger partial charge in [0.1, 0.15) is 0 Å². The van der Waals surface area contributed by atoms with Crippen LogP contribution in [0.4, 0.5) is 0 Å². The highest BCUT2D eigenvalue weighted by Gasteiger charge is 2.17. The first kappa shape index (κ1) is 11.3. The van der Waals surface area contributed by atoms with E-state index in [1.165, 1.54) is 16.0 Å². The molecule has 2 heterocycles. The van der Waals surface area contributed by atoms with Gasteiger partial charge in [-0.05, 0) is 28.1 Å². The van der Waals surface area contributed by atoms with Crippen LogP contribution in [0.5, 0.6) is 0 Å². The van der Waals surface area contributed by atoms with Crippen molar-refractivity contribution in [2.75, 3.05) is 7.05 Å². The van der Waals surface area contributed by atoms with Crippen LogP contribution in [0.15, 0.2) is 25.3 Å². The van der Waals surface area contributed by atoms with Crippen LogP contribution < -0.4 is 5.68 Å². The molecule has 0 bridgehead atoms. The predicted octanol–water partition coefficient (Wildman–Crippen LogP) is 1.60. The third kappa shape index (κ3) is 2.00. The van der Waals surface area contributed by atoms with Gasteiger partial charge < -0.3 is 4.42 Å². The number of carbonyl (C=O) groups excluding carboxylic acids is 1. The molecule has 0 amide bonds. The minimum atomic E-state index is -0.235. The zero-order valence-electron chi connectivity index (χ0n) is 8.60. The van der Waals surface area contributed by atoms with E-state index in [9.17, 15) is 4.79 Å². The van der Waals surface area contributed by atoms with Crippen molar-refractivity contribution < 1.29 is 9.21 Å². The third-order valence-corrected chi connectivity index (χ3v) is 3.51. The SMILES string of the molecule is CN=c1oc(C(=O)c2ccc(Br)s2)nn1C. The number of aryl methyl sites for hydroxylation is 1. The lowest BCUT2D eigenvalue weighted by molar-refractivity contribution is 0.100. The lowest BCUT2D eigenvalue weighted by atomic mass is 10.3. The minimum Gasteiger partial charge on any atom is -0.400 e. The lowest BCUT2D eigenvalue weighted by Gasteiger charge is -1.87. The quantitative estimate of drug-likeness (QED) is 0.792. The van der Waals surface area contributed by atoms with Gasteiger partial charge in [0.2, 0.25) is 0 Å². The highest BCUT2D eigenvalue weighted by molar-refractivity contribution is 9.11. The van der Waals surface area contributed by atoms with E-state index in [1.807, 2.05) is 6.07 Å². The summed E-state index contributed by atoms with van der Waals surface area (Å²) >= 11 is 4.64. The zero-order valence-corrected chi connectivity index (χ0v) is 11.0. The Balaban J connectivity index is 2.42. The maximum atomic E-state index is 11.9. The van der Waals surface area contributed by atoms with Gasteiger partial charge in [0.05, 0.1) is 8.66 Å². The molecule has 0 unspecified atom stereocenters. The number of hydrogen-bond donors (Lipinski definition) is 0. The molecule has 0 N–H and O–H groups in total. The summed E-state index contributed by atoms with van der Waals surface area (Å²) in [6.07, 6.45) is 0. The highest BCUT2D eigenvalue weighted by atomic mass is 79.9. The van der Waals surface area contributed by atoms with E-state index in [-0.39, 0.29) is 11.7 Å². The summed E-state index contributed by atoms with van der Waals surface area (Å²) in [5.74, 6) is -0.182. The Hall–Kier alpha value is -1.21. The van der Waals surface area contributed by atoms with Crippen LogP contribution >= 0.6 is 27.3 Å². The second-order valence-corrected chi connectivity index (χ2v) is 5.43. The van der Waals surface area contributed by atoms with Crippen molar-refractivity contribution in [2.45, 2.75) is 0 Å². The molecule has 7 heteroatoms. The molecule has 0 spiro atoms. The van der Waals surface area contributed by atoms with Crippen LogP contribution in [0.25, 0.3) is 0 Å². The summed E-state index contributed by atoms with van der Waals surface area (Å²) in [6, 6.07) is 3.54. The zero-order chi connectivity index (χ0) is 11.7. The van der Waals surface area contributed by atoms with Gasteiger partial charge in [-0.15, -0.1) is 16.4 Å². The molecule has 0 fully saturated rings. The van der Waals surface area contributed by atoms with Crippen LogP contribution in [-0.2, 0) is 7.05 Å². The molecule has 0 aromatic carbocycles.